The molecule has 14 rings (SSSR count). The van der Waals surface area contributed by atoms with E-state index in [2.05, 4.69) is 148 Å². The first-order chi connectivity index (χ1) is 58.6. The maximum atomic E-state index is 13.4. The molecular formula is C95H97N13O15S. The molecule has 0 saturated carbocycles. The third-order valence-electron chi connectivity index (χ3n) is 19.9. The van der Waals surface area contributed by atoms with Crippen LogP contribution in [0, 0.1) is 23.9 Å². The van der Waals surface area contributed by atoms with E-state index in [1.165, 1.54) is 67.7 Å². The Morgan fingerprint density at radius 1 is 0.363 bits per heavy atom. The van der Waals surface area contributed by atoms with Crippen LogP contribution in [0.5, 0.6) is 34.5 Å². The van der Waals surface area contributed by atoms with Gasteiger partial charge in [0.05, 0.1) is 26.5 Å². The average Bonchev–Trinajstić information content (AvgIpc) is 1.54. The van der Waals surface area contributed by atoms with Crippen molar-refractivity contribution < 1.29 is 71.7 Å². The highest BCUT2D eigenvalue weighted by Crippen LogP contribution is 2.36. The average molecular weight is 1690 g/mol. The second-order valence-electron chi connectivity index (χ2n) is 33.9. The number of amides is 1. The Hall–Kier alpha value is -14.5. The number of nitrogens with zero attached hydrogens (tertiary/aromatic N) is 13. The number of ether oxygens (including phenoxy) is 5. The molecule has 28 nitrogen and oxygen atoms in total. The maximum Gasteiger partial charge on any atom is 0.352 e. The molecule has 10 aromatic carbocycles. The van der Waals surface area contributed by atoms with Gasteiger partial charge in [-0.3, -0.25) is 4.79 Å². The monoisotopic (exact) mass is 1690 g/mol. The molecule has 0 fully saturated rings. The minimum absolute atomic E-state index is 0.0146. The zero-order chi connectivity index (χ0) is 89.5. The predicted octanol–water partition coefficient (Wildman–Crippen LogP) is 16.7. The molecule has 0 spiro atoms. The lowest BCUT2D eigenvalue weighted by molar-refractivity contribution is 0.0443. The molecule has 0 aliphatic carbocycles. The summed E-state index contributed by atoms with van der Waals surface area (Å²) < 4.78 is 53.9. The molecule has 4 N–H and O–H groups in total. The fraction of sp³-hybridized carbons (Fsp3) is 0.284. The summed E-state index contributed by atoms with van der Waals surface area (Å²) in [5.74, 6) is 6.67. The molecule has 0 saturated heterocycles. The van der Waals surface area contributed by atoms with Crippen LogP contribution in [-0.4, -0.2) is 156 Å². The van der Waals surface area contributed by atoms with E-state index in [0.29, 0.717) is 89.5 Å². The number of hydrogen-bond donors (Lipinski definition) is 4. The molecule has 0 bridgehead atoms. The second kappa shape index (κ2) is 36.5. The van der Waals surface area contributed by atoms with Crippen molar-refractivity contribution in [3.63, 3.8) is 0 Å². The van der Waals surface area contributed by atoms with Crippen LogP contribution in [0.25, 0.3) is 66.9 Å². The second-order valence-corrected chi connectivity index (χ2v) is 35.8. The quantitative estimate of drug-likeness (QED) is 0.0238. The number of sulfone groups is 1. The topological polar surface area (TPSA) is 356 Å². The van der Waals surface area contributed by atoms with E-state index in [1.807, 2.05) is 81.1 Å². The summed E-state index contributed by atoms with van der Waals surface area (Å²) in [6.45, 7) is 34.6. The van der Waals surface area contributed by atoms with Gasteiger partial charge in [-0.2, -0.15) is 0 Å². The van der Waals surface area contributed by atoms with Crippen LogP contribution in [-0.2, 0) is 45.7 Å². The van der Waals surface area contributed by atoms with Crippen LogP contribution >= 0.6 is 0 Å². The van der Waals surface area contributed by atoms with Crippen LogP contribution in [0.15, 0.2) is 204 Å². The third kappa shape index (κ3) is 20.9. The van der Waals surface area contributed by atoms with Crippen molar-refractivity contribution in [3.05, 3.63) is 239 Å². The van der Waals surface area contributed by atoms with Crippen molar-refractivity contribution in [3.8, 4) is 81.1 Å². The summed E-state index contributed by atoms with van der Waals surface area (Å²) in [5.41, 5.74) is 11.2. The lowest BCUT2D eigenvalue weighted by Gasteiger charge is -2.30. The number of aromatic hydroxyl groups is 4. The fourth-order valence-electron chi connectivity index (χ4n) is 13.0. The van der Waals surface area contributed by atoms with Crippen molar-refractivity contribution in [1.29, 1.82) is 0 Å². The number of benzene rings is 10. The summed E-state index contributed by atoms with van der Waals surface area (Å²) in [6.07, 6.45) is 2.24. The standard InChI is InChI=1S/C50H48N6O10S.C23H30N4O2.C22H19N3O3/c1-49(2,3)33-9-21-45(57)43(29-33)55-51-39-19-7-31(27-41(39)53-55)47(59)65-25-23-63-35-11-15-37(16-12-35)67(61,62)38-17-13-36(14-18-38)64-24-26-66-48(60)32-8-20-40-42(28-32)54-56(52-40)44-30-34(50(4,5)6)10-22-46(44)58;1-14(2)26(15(3)4)22(29)16-8-10-18-19(12-16)25-27(24-18)20-13-17(23(5,6)7)9-11-21(20)28;1-5-6-7-12-28-21(27)15-8-10-17-18(13-15)24-25(23-17)19-14-16(22(2,3)4)9-11-20(19)26/h7-22,27-30,57-58H,23-26H2,1-6H3;8-15,28H,1-7H3;8-11,13-14,26H,1-4H3. The zero-order valence-corrected chi connectivity index (χ0v) is 72.8. The molecule has 29 heteroatoms. The number of aromatic nitrogens is 12. The van der Waals surface area contributed by atoms with Gasteiger partial charge in [0.1, 0.15) is 134 Å². The van der Waals surface area contributed by atoms with Gasteiger partial charge in [0.2, 0.25) is 9.84 Å². The van der Waals surface area contributed by atoms with Gasteiger partial charge in [0.15, 0.2) is 0 Å². The van der Waals surface area contributed by atoms with Crippen LogP contribution in [0.1, 0.15) is 181 Å². The fourth-order valence-corrected chi connectivity index (χ4v) is 14.2. The first-order valence-electron chi connectivity index (χ1n) is 40.0. The van der Waals surface area contributed by atoms with E-state index in [-0.39, 0.29) is 110 Å². The van der Waals surface area contributed by atoms with Crippen molar-refractivity contribution in [2.24, 2.45) is 0 Å². The Morgan fingerprint density at radius 3 is 0.935 bits per heavy atom. The number of carbonyl (C=O) groups is 4. The molecule has 0 aliphatic rings. The van der Waals surface area contributed by atoms with Crippen LogP contribution in [0.2, 0.25) is 0 Å². The normalized spacial score (nSPS) is 11.7. The van der Waals surface area contributed by atoms with Gasteiger partial charge in [0.25, 0.3) is 5.91 Å². The minimum Gasteiger partial charge on any atom is -0.506 e. The summed E-state index contributed by atoms with van der Waals surface area (Å²) in [7, 11) is -3.88. The Bertz CT molecular complexity index is 6400. The number of fused-ring (bicyclic) bond motifs is 4. The van der Waals surface area contributed by atoms with Crippen molar-refractivity contribution >= 4 is 77.8 Å². The Morgan fingerprint density at radius 2 is 0.645 bits per heavy atom. The van der Waals surface area contributed by atoms with Crippen molar-refractivity contribution in [2.45, 2.75) is 161 Å². The van der Waals surface area contributed by atoms with Gasteiger partial charge in [-0.15, -0.1) is 60.0 Å². The first-order valence-corrected chi connectivity index (χ1v) is 41.4. The molecule has 638 valence electrons. The van der Waals surface area contributed by atoms with E-state index in [0.717, 1.165) is 22.3 Å². The van der Waals surface area contributed by atoms with Gasteiger partial charge < -0.3 is 49.0 Å². The van der Waals surface area contributed by atoms with E-state index in [4.69, 9.17) is 23.7 Å². The molecule has 0 unspecified atom stereocenters. The highest BCUT2D eigenvalue weighted by atomic mass is 32.2. The Kier molecular flexibility index (Phi) is 26.1. The van der Waals surface area contributed by atoms with Gasteiger partial charge in [0, 0.05) is 23.6 Å². The summed E-state index contributed by atoms with van der Waals surface area (Å²) >= 11 is 0. The predicted molar refractivity (Wildman–Crippen MR) is 470 cm³/mol. The smallest absolute Gasteiger partial charge is 0.352 e. The summed E-state index contributed by atoms with van der Waals surface area (Å²) in [6, 6.07) is 53.2. The van der Waals surface area contributed by atoms with Gasteiger partial charge >= 0.3 is 17.9 Å². The molecule has 0 atom stereocenters. The Labute approximate surface area is 717 Å². The molecule has 0 aliphatic heterocycles. The van der Waals surface area contributed by atoms with Crippen LogP contribution < -0.4 is 9.47 Å². The molecular weight excluding hydrogens is 1600 g/mol. The van der Waals surface area contributed by atoms with Crippen LogP contribution in [0.4, 0.5) is 0 Å². The van der Waals surface area contributed by atoms with E-state index in [9.17, 15) is 48.0 Å². The number of hydrogen-bond acceptors (Lipinski definition) is 23. The van der Waals surface area contributed by atoms with E-state index < -0.39 is 27.7 Å². The molecule has 0 radical (unpaired) electrons. The molecule has 1 amide bonds. The Balaban J connectivity index is 0.000000201. The maximum absolute atomic E-state index is 13.4. The SMILES string of the molecule is CC#CC#COC(=O)c1ccc2nn(-c3cc(C(C)(C)C)ccc3O)nc2c1.CC(C)(C)c1ccc(O)c(-n2nc3ccc(C(=O)OCCOc4ccc(S(=O)(=O)c5ccc(OCCOC(=O)c6ccc7nn(-c8cc(C(C)(C)C)ccc8O)nc7c6)cc5)cc4)cc3n2)c1.CC(C)N(C(=O)c1ccc2nn(-c3cc(C(C)(C)C)ccc3O)nc2c1)C(C)C. The lowest BCUT2D eigenvalue weighted by Crippen LogP contribution is -2.42. The van der Waals surface area contributed by atoms with E-state index in [1.54, 1.807) is 104 Å². The zero-order valence-electron chi connectivity index (χ0n) is 72.0. The number of phenolic OH excluding ortho intramolecular Hbond substituents is 4. The van der Waals surface area contributed by atoms with Gasteiger partial charge in [-0.25, -0.2) is 22.8 Å². The number of esters is 3. The largest absolute Gasteiger partial charge is 0.506 e. The van der Waals surface area contributed by atoms with E-state index >= 15 is 0 Å². The first kappa shape index (κ1) is 88.8. The van der Waals surface area contributed by atoms with Crippen molar-refractivity contribution in [2.75, 3.05) is 26.4 Å². The summed E-state index contributed by atoms with van der Waals surface area (Å²) in [5, 5.41) is 77.4. The van der Waals surface area contributed by atoms with Gasteiger partial charge in [-0.1, -0.05) is 113 Å². The minimum atomic E-state index is -3.88. The lowest BCUT2D eigenvalue weighted by atomic mass is 9.87. The third-order valence-corrected chi connectivity index (χ3v) is 21.7. The molecule has 124 heavy (non-hydrogen) atoms. The highest BCUT2D eigenvalue weighted by molar-refractivity contribution is 7.91. The molecule has 14 aromatic rings. The number of phenols is 4. The number of carbonyl (C=O) groups excluding carboxylic acids is 4. The molecule has 4 heterocycles. The number of rotatable bonds is 20. The van der Waals surface area contributed by atoms with Crippen LogP contribution in [0.3, 0.4) is 0 Å². The van der Waals surface area contributed by atoms with Gasteiger partial charge in [-0.05, 0) is 254 Å². The molecule has 4 aromatic heterocycles. The highest BCUT2D eigenvalue weighted by Gasteiger charge is 2.27. The summed E-state index contributed by atoms with van der Waals surface area (Å²) in [4.78, 5) is 58.2. The van der Waals surface area contributed by atoms with Crippen molar-refractivity contribution in [1.82, 2.24) is 64.9 Å².